The Bertz CT molecular complexity index is 634. The number of nitrogens with zero attached hydrogens (tertiary/aromatic N) is 2. The minimum Gasteiger partial charge on any atom is -0.384 e. The quantitative estimate of drug-likeness (QED) is 0.824. The first kappa shape index (κ1) is 16.5. The van der Waals surface area contributed by atoms with Gasteiger partial charge in [0.1, 0.15) is 5.69 Å². The Hall–Kier alpha value is -2.36. The van der Waals surface area contributed by atoms with E-state index in [2.05, 4.69) is 34.6 Å². The number of rotatable bonds is 6. The molecule has 0 spiro atoms. The summed E-state index contributed by atoms with van der Waals surface area (Å²) in [6, 6.07) is 14.3. The number of aryl methyl sites for hydroxylation is 1. The van der Waals surface area contributed by atoms with E-state index in [4.69, 9.17) is 0 Å². The summed E-state index contributed by atoms with van der Waals surface area (Å²) in [6.07, 6.45) is 7.33. The van der Waals surface area contributed by atoms with Gasteiger partial charge in [0.15, 0.2) is 0 Å². The average molecular weight is 323 g/mol. The van der Waals surface area contributed by atoms with Crippen LogP contribution in [0.3, 0.4) is 0 Å². The van der Waals surface area contributed by atoms with E-state index in [1.165, 1.54) is 12.0 Å². The first-order chi connectivity index (χ1) is 11.8. The molecule has 0 saturated carbocycles. The highest BCUT2D eigenvalue weighted by atomic mass is 16.2. The van der Waals surface area contributed by atoms with E-state index in [1.807, 2.05) is 23.1 Å². The highest BCUT2D eigenvalue weighted by Crippen LogP contribution is 2.13. The van der Waals surface area contributed by atoms with E-state index in [1.54, 1.807) is 6.20 Å². The molecule has 4 nitrogen and oxygen atoms in total. The molecule has 0 atom stereocenters. The van der Waals surface area contributed by atoms with Gasteiger partial charge in [0, 0.05) is 19.6 Å². The van der Waals surface area contributed by atoms with Crippen molar-refractivity contribution in [3.8, 4) is 0 Å². The van der Waals surface area contributed by atoms with Crippen molar-refractivity contribution in [2.75, 3.05) is 25.0 Å². The van der Waals surface area contributed by atoms with Crippen LogP contribution in [0, 0.1) is 0 Å². The number of likely N-dealkylation sites (tertiary alicyclic amines) is 1. The van der Waals surface area contributed by atoms with Crippen LogP contribution in [0.4, 0.5) is 5.69 Å². The molecule has 0 unspecified atom stereocenters. The number of carbonyl (C=O) groups excluding carboxylic acids is 1. The molecule has 1 aliphatic rings. The molecule has 1 amide bonds. The van der Waals surface area contributed by atoms with Gasteiger partial charge in [-0.3, -0.25) is 4.79 Å². The Labute approximate surface area is 143 Å². The van der Waals surface area contributed by atoms with Crippen molar-refractivity contribution < 1.29 is 4.79 Å². The second kappa shape index (κ2) is 8.48. The van der Waals surface area contributed by atoms with Crippen LogP contribution in [0.2, 0.25) is 0 Å². The third kappa shape index (κ3) is 4.57. The monoisotopic (exact) mass is 323 g/mol. The molecule has 0 aliphatic carbocycles. The topological polar surface area (TPSA) is 45.2 Å². The molecule has 3 rings (SSSR count). The van der Waals surface area contributed by atoms with E-state index in [-0.39, 0.29) is 5.91 Å². The van der Waals surface area contributed by atoms with Crippen molar-refractivity contribution in [3.63, 3.8) is 0 Å². The van der Waals surface area contributed by atoms with Crippen LogP contribution in [-0.4, -0.2) is 35.4 Å². The van der Waals surface area contributed by atoms with Crippen molar-refractivity contribution in [2.45, 2.75) is 32.1 Å². The number of benzene rings is 1. The van der Waals surface area contributed by atoms with Crippen molar-refractivity contribution in [2.24, 2.45) is 0 Å². The van der Waals surface area contributed by atoms with Crippen molar-refractivity contribution in [3.05, 3.63) is 59.9 Å². The molecule has 126 valence electrons. The van der Waals surface area contributed by atoms with Crippen LogP contribution >= 0.6 is 0 Å². The van der Waals surface area contributed by atoms with Crippen LogP contribution in [0.1, 0.15) is 41.7 Å². The summed E-state index contributed by atoms with van der Waals surface area (Å²) in [5, 5.41) is 3.37. The number of pyridine rings is 1. The van der Waals surface area contributed by atoms with E-state index in [0.717, 1.165) is 51.0 Å². The van der Waals surface area contributed by atoms with E-state index >= 15 is 0 Å². The van der Waals surface area contributed by atoms with Crippen LogP contribution in [-0.2, 0) is 6.42 Å². The lowest BCUT2D eigenvalue weighted by atomic mass is 10.1. The molecule has 1 aliphatic heterocycles. The summed E-state index contributed by atoms with van der Waals surface area (Å²) in [6.45, 7) is 2.62. The van der Waals surface area contributed by atoms with Crippen molar-refractivity contribution in [1.82, 2.24) is 9.88 Å². The van der Waals surface area contributed by atoms with Gasteiger partial charge in [-0.1, -0.05) is 30.3 Å². The summed E-state index contributed by atoms with van der Waals surface area (Å²) in [7, 11) is 0. The molecular weight excluding hydrogens is 298 g/mol. The molecule has 1 aromatic heterocycles. The molecular formula is C20H25N3O. The number of aromatic nitrogens is 1. The molecule has 1 fully saturated rings. The first-order valence-electron chi connectivity index (χ1n) is 8.86. The Morgan fingerprint density at radius 3 is 2.54 bits per heavy atom. The van der Waals surface area contributed by atoms with Crippen molar-refractivity contribution in [1.29, 1.82) is 0 Å². The van der Waals surface area contributed by atoms with Crippen LogP contribution in [0.15, 0.2) is 48.7 Å². The van der Waals surface area contributed by atoms with E-state index < -0.39 is 0 Å². The normalized spacial score (nSPS) is 14.4. The third-order valence-electron chi connectivity index (χ3n) is 4.44. The van der Waals surface area contributed by atoms with Gasteiger partial charge in [0.05, 0.1) is 11.9 Å². The highest BCUT2D eigenvalue weighted by molar-refractivity contribution is 5.92. The van der Waals surface area contributed by atoms with E-state index in [0.29, 0.717) is 5.69 Å². The van der Waals surface area contributed by atoms with Gasteiger partial charge in [-0.05, 0) is 49.8 Å². The summed E-state index contributed by atoms with van der Waals surface area (Å²) in [5.74, 6) is 0.0605. The number of piperidine rings is 1. The van der Waals surface area contributed by atoms with E-state index in [9.17, 15) is 4.79 Å². The maximum Gasteiger partial charge on any atom is 0.272 e. The second-order valence-corrected chi connectivity index (χ2v) is 6.30. The SMILES string of the molecule is O=C(c1ccc(NCCCc2ccccc2)cn1)N1CCCCC1. The van der Waals surface area contributed by atoms with Gasteiger partial charge in [-0.25, -0.2) is 4.98 Å². The Morgan fingerprint density at radius 1 is 1.04 bits per heavy atom. The summed E-state index contributed by atoms with van der Waals surface area (Å²) < 4.78 is 0. The van der Waals surface area contributed by atoms with Gasteiger partial charge in [0.2, 0.25) is 0 Å². The Morgan fingerprint density at radius 2 is 1.83 bits per heavy atom. The zero-order valence-electron chi connectivity index (χ0n) is 14.1. The zero-order valence-corrected chi connectivity index (χ0v) is 14.1. The fourth-order valence-corrected chi connectivity index (χ4v) is 3.05. The van der Waals surface area contributed by atoms with Crippen LogP contribution < -0.4 is 5.32 Å². The largest absolute Gasteiger partial charge is 0.384 e. The molecule has 4 heteroatoms. The van der Waals surface area contributed by atoms with Gasteiger partial charge in [0.25, 0.3) is 5.91 Å². The highest BCUT2D eigenvalue weighted by Gasteiger charge is 2.18. The fourth-order valence-electron chi connectivity index (χ4n) is 3.05. The summed E-state index contributed by atoms with van der Waals surface area (Å²) in [5.41, 5.74) is 2.88. The lowest BCUT2D eigenvalue weighted by molar-refractivity contribution is 0.0718. The zero-order chi connectivity index (χ0) is 16.6. The molecule has 1 aromatic carbocycles. The molecule has 0 bridgehead atoms. The number of carbonyl (C=O) groups is 1. The van der Waals surface area contributed by atoms with Crippen LogP contribution in [0.25, 0.3) is 0 Å². The van der Waals surface area contributed by atoms with Crippen molar-refractivity contribution >= 4 is 11.6 Å². The van der Waals surface area contributed by atoms with Gasteiger partial charge < -0.3 is 10.2 Å². The molecule has 2 heterocycles. The lowest BCUT2D eigenvalue weighted by Crippen LogP contribution is -2.36. The minimum absolute atomic E-state index is 0.0605. The lowest BCUT2D eigenvalue weighted by Gasteiger charge is -2.26. The maximum absolute atomic E-state index is 12.4. The smallest absolute Gasteiger partial charge is 0.272 e. The molecule has 1 saturated heterocycles. The fraction of sp³-hybridized carbons (Fsp3) is 0.400. The maximum atomic E-state index is 12.4. The molecule has 0 radical (unpaired) electrons. The number of hydrogen-bond acceptors (Lipinski definition) is 3. The first-order valence-corrected chi connectivity index (χ1v) is 8.86. The van der Waals surface area contributed by atoms with Gasteiger partial charge in [-0.2, -0.15) is 0 Å². The number of hydrogen-bond donors (Lipinski definition) is 1. The van der Waals surface area contributed by atoms with Gasteiger partial charge in [-0.15, -0.1) is 0 Å². The second-order valence-electron chi connectivity index (χ2n) is 6.30. The average Bonchev–Trinajstić information content (AvgIpc) is 2.67. The predicted octanol–water partition coefficient (Wildman–Crippen LogP) is 3.75. The Balaban J connectivity index is 1.45. The third-order valence-corrected chi connectivity index (χ3v) is 4.44. The molecule has 1 N–H and O–H groups in total. The standard InChI is InChI=1S/C20H25N3O/c24-20(23-14-5-2-6-15-23)19-12-11-18(16-22-19)21-13-7-10-17-8-3-1-4-9-17/h1,3-4,8-9,11-12,16,21H,2,5-7,10,13-15H2. The van der Waals surface area contributed by atoms with Crippen LogP contribution in [0.5, 0.6) is 0 Å². The van der Waals surface area contributed by atoms with Gasteiger partial charge >= 0.3 is 0 Å². The number of nitrogens with one attached hydrogen (secondary N) is 1. The Kier molecular flexibility index (Phi) is 5.83. The number of amides is 1. The summed E-state index contributed by atoms with van der Waals surface area (Å²) >= 11 is 0. The summed E-state index contributed by atoms with van der Waals surface area (Å²) in [4.78, 5) is 18.6. The minimum atomic E-state index is 0.0605. The number of anilines is 1. The molecule has 2 aromatic rings. The molecule has 24 heavy (non-hydrogen) atoms. The predicted molar refractivity (Wildman–Crippen MR) is 97.2 cm³/mol.